The summed E-state index contributed by atoms with van der Waals surface area (Å²) >= 11 is 1.73. The topological polar surface area (TPSA) is 62.2 Å². The number of ether oxygens (including phenoxy) is 1. The van der Waals surface area contributed by atoms with Crippen LogP contribution in [0.3, 0.4) is 0 Å². The zero-order chi connectivity index (χ0) is 24.2. The van der Waals surface area contributed by atoms with Gasteiger partial charge in [0.15, 0.2) is 0 Å². The van der Waals surface area contributed by atoms with Gasteiger partial charge < -0.3 is 14.6 Å². The van der Waals surface area contributed by atoms with Crippen molar-refractivity contribution in [1.82, 2.24) is 4.98 Å². The van der Waals surface area contributed by atoms with Gasteiger partial charge in [0, 0.05) is 16.9 Å². The van der Waals surface area contributed by atoms with Gasteiger partial charge in [0.2, 0.25) is 0 Å². The molecule has 6 heteroatoms. The molecule has 2 aliphatic carbocycles. The van der Waals surface area contributed by atoms with Crippen LogP contribution in [0.5, 0.6) is 5.75 Å². The first kappa shape index (κ1) is 27.4. The maximum Gasteiger partial charge on any atom is 1.00 e. The Morgan fingerprint density at radius 1 is 1.06 bits per heavy atom. The van der Waals surface area contributed by atoms with E-state index in [0.29, 0.717) is 17.9 Å². The molecule has 0 amide bonds. The molecule has 1 unspecified atom stereocenters. The number of carbonyl (C=O) groups is 1. The largest absolute Gasteiger partial charge is 1.00 e. The van der Waals surface area contributed by atoms with Crippen molar-refractivity contribution in [1.29, 1.82) is 0 Å². The summed E-state index contributed by atoms with van der Waals surface area (Å²) in [4.78, 5) is 16.4. The van der Waals surface area contributed by atoms with Gasteiger partial charge in [-0.05, 0) is 98.2 Å². The molecule has 184 valence electrons. The molecule has 1 aromatic heterocycles. The first-order valence-corrected chi connectivity index (χ1v) is 14.0. The third kappa shape index (κ3) is 6.80. The van der Waals surface area contributed by atoms with Crippen molar-refractivity contribution in [3.8, 4) is 17.0 Å². The fourth-order valence-corrected chi connectivity index (χ4v) is 6.75. The number of hydrogen-bond donors (Lipinski definition) is 0. The third-order valence-corrected chi connectivity index (χ3v) is 8.82. The molecule has 2 fully saturated rings. The van der Waals surface area contributed by atoms with Gasteiger partial charge in [0.25, 0.3) is 0 Å². The molecule has 1 atom stereocenters. The van der Waals surface area contributed by atoms with Crippen molar-refractivity contribution in [2.75, 3.05) is 0 Å². The second-order valence-corrected chi connectivity index (χ2v) is 11.3. The van der Waals surface area contributed by atoms with Crippen molar-refractivity contribution in [2.24, 2.45) is 11.8 Å². The van der Waals surface area contributed by atoms with Gasteiger partial charge in [-0.1, -0.05) is 38.0 Å². The van der Waals surface area contributed by atoms with Crippen LogP contribution in [0.25, 0.3) is 11.3 Å². The molecule has 2 saturated carbocycles. The number of aromatic carboxylic acids is 1. The number of aromatic nitrogens is 1. The fourth-order valence-electron chi connectivity index (χ4n) is 5.73. The molecule has 2 aliphatic rings. The molecule has 0 aliphatic heterocycles. The summed E-state index contributed by atoms with van der Waals surface area (Å²) in [5, 5.41) is 14.7. The standard InChI is InChI=1S/C30H35NO3S.Na/c1-20-9-13-25(14-10-20)34-26-15-11-23(12-16-26)28-19-35-29(31-28)27(22-6-2-3-7-22)18-21-5-4-8-24(17-21)30(32)33;/h4-5,8,11-12,15-17,19-20,22,25,27H,2-3,6-7,9-10,13-14,18H2,1H3,(H,32,33);/q;+1/p-1. The summed E-state index contributed by atoms with van der Waals surface area (Å²) < 4.78 is 6.23. The van der Waals surface area contributed by atoms with E-state index in [1.165, 1.54) is 38.5 Å². The maximum absolute atomic E-state index is 11.3. The Morgan fingerprint density at radius 3 is 2.47 bits per heavy atom. The molecule has 2 aromatic carbocycles. The quantitative estimate of drug-likeness (QED) is 0.433. The first-order chi connectivity index (χ1) is 17.0. The van der Waals surface area contributed by atoms with Crippen LogP contribution in [-0.4, -0.2) is 17.1 Å². The Morgan fingerprint density at radius 2 is 1.78 bits per heavy atom. The number of benzene rings is 2. The van der Waals surface area contributed by atoms with Crippen molar-refractivity contribution in [3.05, 3.63) is 70.0 Å². The summed E-state index contributed by atoms with van der Waals surface area (Å²) in [5.74, 6) is 1.55. The van der Waals surface area contributed by atoms with Crippen LogP contribution in [0.15, 0.2) is 53.9 Å². The molecule has 4 nitrogen and oxygen atoms in total. The summed E-state index contributed by atoms with van der Waals surface area (Å²) in [6, 6.07) is 15.6. The average molecular weight is 512 g/mol. The number of thiazole rings is 1. The van der Waals surface area contributed by atoms with Gasteiger partial charge in [0.1, 0.15) is 5.75 Å². The predicted molar refractivity (Wildman–Crippen MR) is 139 cm³/mol. The molecule has 0 bridgehead atoms. The molecule has 0 N–H and O–H groups in total. The molecule has 3 aromatic rings. The van der Waals surface area contributed by atoms with Crippen LogP contribution in [0.1, 0.15) is 85.1 Å². The Hall–Kier alpha value is -1.66. The Balaban J connectivity index is 0.00000304. The second-order valence-electron chi connectivity index (χ2n) is 10.4. The summed E-state index contributed by atoms with van der Waals surface area (Å²) in [6.45, 7) is 2.33. The molecule has 5 rings (SSSR count). The van der Waals surface area contributed by atoms with Crippen molar-refractivity contribution in [3.63, 3.8) is 0 Å². The van der Waals surface area contributed by atoms with Crippen molar-refractivity contribution >= 4 is 17.3 Å². The number of hydrogen-bond acceptors (Lipinski definition) is 5. The maximum atomic E-state index is 11.3. The monoisotopic (exact) mass is 511 g/mol. The third-order valence-electron chi connectivity index (χ3n) is 7.84. The van der Waals surface area contributed by atoms with E-state index in [9.17, 15) is 9.90 Å². The van der Waals surface area contributed by atoms with E-state index in [1.807, 2.05) is 12.1 Å². The van der Waals surface area contributed by atoms with Crippen LogP contribution in [-0.2, 0) is 6.42 Å². The van der Waals surface area contributed by atoms with Gasteiger partial charge in [0.05, 0.1) is 22.8 Å². The van der Waals surface area contributed by atoms with E-state index in [2.05, 4.69) is 36.6 Å². The molecule has 0 radical (unpaired) electrons. The van der Waals surface area contributed by atoms with Gasteiger partial charge in [-0.3, -0.25) is 0 Å². The first-order valence-electron chi connectivity index (χ1n) is 13.1. The van der Waals surface area contributed by atoms with E-state index in [4.69, 9.17) is 9.72 Å². The molecular formula is C30H34NNaO3S. The number of carboxylic acids is 1. The van der Waals surface area contributed by atoms with E-state index in [1.54, 1.807) is 23.5 Å². The minimum Gasteiger partial charge on any atom is -0.545 e. The van der Waals surface area contributed by atoms with Gasteiger partial charge in [-0.2, -0.15) is 0 Å². The van der Waals surface area contributed by atoms with E-state index >= 15 is 0 Å². The Labute approximate surface area is 240 Å². The number of rotatable bonds is 8. The van der Waals surface area contributed by atoms with Crippen LogP contribution >= 0.6 is 11.3 Å². The zero-order valence-electron chi connectivity index (χ0n) is 21.4. The fraction of sp³-hybridized carbons (Fsp3) is 0.467. The van der Waals surface area contributed by atoms with Gasteiger partial charge in [-0.25, -0.2) is 4.98 Å². The minimum atomic E-state index is -1.12. The van der Waals surface area contributed by atoms with Crippen LogP contribution in [0.2, 0.25) is 0 Å². The molecule has 36 heavy (non-hydrogen) atoms. The second kappa shape index (κ2) is 12.7. The Bertz CT molecular complexity index is 1130. The van der Waals surface area contributed by atoms with Crippen LogP contribution < -0.4 is 39.4 Å². The number of carboxylic acid groups (broad SMARTS) is 1. The van der Waals surface area contributed by atoms with E-state index in [0.717, 1.165) is 52.8 Å². The van der Waals surface area contributed by atoms with Gasteiger partial charge >= 0.3 is 29.6 Å². The SMILES string of the molecule is CC1CCC(Oc2ccc(-c3csc(C(Cc4cccc(C(=O)[O-])c4)C4CCCC4)n3)cc2)CC1.[Na+]. The normalized spacial score (nSPS) is 21.0. The Kier molecular flexibility index (Phi) is 9.68. The molecular weight excluding hydrogens is 477 g/mol. The minimum absolute atomic E-state index is 0. The average Bonchev–Trinajstić information content (AvgIpc) is 3.58. The summed E-state index contributed by atoms with van der Waals surface area (Å²) in [6.07, 6.45) is 10.9. The number of carbonyl (C=O) groups excluding carboxylic acids is 1. The van der Waals surface area contributed by atoms with Crippen molar-refractivity contribution < 1.29 is 44.2 Å². The zero-order valence-corrected chi connectivity index (χ0v) is 24.3. The van der Waals surface area contributed by atoms with Crippen LogP contribution in [0, 0.1) is 11.8 Å². The predicted octanol–water partition coefficient (Wildman–Crippen LogP) is 3.65. The molecule has 1 heterocycles. The smallest absolute Gasteiger partial charge is 0.545 e. The molecule has 0 saturated heterocycles. The van der Waals surface area contributed by atoms with Crippen molar-refractivity contribution in [2.45, 2.75) is 76.7 Å². The van der Waals surface area contributed by atoms with E-state index < -0.39 is 5.97 Å². The summed E-state index contributed by atoms with van der Waals surface area (Å²) in [7, 11) is 0. The number of nitrogens with zero attached hydrogens (tertiary/aromatic N) is 1. The van der Waals surface area contributed by atoms with Gasteiger partial charge in [-0.15, -0.1) is 11.3 Å². The van der Waals surface area contributed by atoms with E-state index in [-0.39, 0.29) is 35.1 Å². The summed E-state index contributed by atoms with van der Waals surface area (Å²) in [5.41, 5.74) is 3.41. The molecule has 0 spiro atoms. The van der Waals surface area contributed by atoms with Crippen LogP contribution in [0.4, 0.5) is 0 Å².